The third kappa shape index (κ3) is 2.31. The van der Waals surface area contributed by atoms with E-state index in [1.54, 1.807) is 0 Å². The maximum Gasteiger partial charge on any atom is 0.152 e. The van der Waals surface area contributed by atoms with Gasteiger partial charge in [0.25, 0.3) is 0 Å². The fraction of sp³-hybridized carbons (Fsp3) is 0.600. The van der Waals surface area contributed by atoms with Crippen LogP contribution in [0, 0.1) is 5.92 Å². The summed E-state index contributed by atoms with van der Waals surface area (Å²) < 4.78 is 1.93. The summed E-state index contributed by atoms with van der Waals surface area (Å²) in [7, 11) is 0. The van der Waals surface area contributed by atoms with E-state index in [9.17, 15) is 0 Å². The fourth-order valence-electron chi connectivity index (χ4n) is 2.61. The first-order valence-corrected chi connectivity index (χ1v) is 7.05. The molecule has 1 aliphatic rings. The van der Waals surface area contributed by atoms with Crippen LogP contribution in [0.2, 0.25) is 0 Å². The molecule has 0 aliphatic heterocycles. The van der Waals surface area contributed by atoms with E-state index in [1.165, 1.54) is 12.8 Å². The highest BCUT2D eigenvalue weighted by Crippen LogP contribution is 2.31. The van der Waals surface area contributed by atoms with Crippen molar-refractivity contribution >= 4 is 11.3 Å². The maximum atomic E-state index is 4.65. The lowest BCUT2D eigenvalue weighted by molar-refractivity contribution is 0.308. The van der Waals surface area contributed by atoms with Crippen LogP contribution in [0.1, 0.15) is 46.2 Å². The monoisotopic (exact) mass is 258 g/mol. The Morgan fingerprint density at radius 2 is 2.05 bits per heavy atom. The lowest BCUT2D eigenvalue weighted by atomic mass is 9.82. The van der Waals surface area contributed by atoms with Crippen LogP contribution < -0.4 is 5.32 Å². The highest BCUT2D eigenvalue weighted by molar-refractivity contribution is 5.68. The zero-order valence-corrected chi connectivity index (χ0v) is 12.1. The molecule has 4 heteroatoms. The van der Waals surface area contributed by atoms with Gasteiger partial charge in [-0.3, -0.25) is 0 Å². The molecule has 2 heterocycles. The molecular weight excluding hydrogens is 236 g/mol. The largest absolute Gasteiger partial charge is 0.366 e. The molecule has 0 amide bonds. The summed E-state index contributed by atoms with van der Waals surface area (Å²) >= 11 is 0. The predicted octanol–water partition coefficient (Wildman–Crippen LogP) is 3.24. The van der Waals surface area contributed by atoms with Crippen LogP contribution in [0.5, 0.6) is 0 Å². The number of fused-ring (bicyclic) bond motifs is 1. The van der Waals surface area contributed by atoms with E-state index < -0.39 is 0 Å². The Hall–Kier alpha value is -1.58. The van der Waals surface area contributed by atoms with Crippen LogP contribution in [0.25, 0.3) is 5.52 Å². The molecule has 0 spiro atoms. The second kappa shape index (κ2) is 4.22. The van der Waals surface area contributed by atoms with Crippen molar-refractivity contribution in [1.82, 2.24) is 14.6 Å². The summed E-state index contributed by atoms with van der Waals surface area (Å²) in [6.45, 7) is 8.84. The third-order valence-electron chi connectivity index (χ3n) is 3.87. The predicted molar refractivity (Wildman–Crippen MR) is 77.5 cm³/mol. The standard InChI is InChI=1S/C15H22N4/c1-10-7-11(8-10)17-14-12-9-13(15(2,3)4)18-19(12)6-5-16-14/h5-6,9-11H,7-8H2,1-4H3,(H,16,17). The molecule has 4 nitrogen and oxygen atoms in total. The van der Waals surface area contributed by atoms with Crippen LogP contribution >= 0.6 is 0 Å². The first-order chi connectivity index (χ1) is 8.93. The van der Waals surface area contributed by atoms with Crippen LogP contribution in [-0.2, 0) is 5.41 Å². The van der Waals surface area contributed by atoms with Crippen molar-refractivity contribution in [1.29, 1.82) is 0 Å². The summed E-state index contributed by atoms with van der Waals surface area (Å²) in [4.78, 5) is 4.48. The van der Waals surface area contributed by atoms with Gasteiger partial charge in [-0.1, -0.05) is 27.7 Å². The first kappa shape index (κ1) is 12.5. The average molecular weight is 258 g/mol. The Morgan fingerprint density at radius 3 is 2.68 bits per heavy atom. The van der Waals surface area contributed by atoms with Gasteiger partial charge in [0.05, 0.1) is 5.69 Å². The van der Waals surface area contributed by atoms with Crippen LogP contribution in [0.15, 0.2) is 18.5 Å². The van der Waals surface area contributed by atoms with Crippen molar-refractivity contribution in [2.75, 3.05) is 5.32 Å². The minimum absolute atomic E-state index is 0.0638. The SMILES string of the molecule is CC1CC(Nc2nccn3nc(C(C)(C)C)cc23)C1. The number of hydrogen-bond acceptors (Lipinski definition) is 3. The Balaban J connectivity index is 1.93. The third-order valence-corrected chi connectivity index (χ3v) is 3.87. The summed E-state index contributed by atoms with van der Waals surface area (Å²) in [5, 5.41) is 8.19. The highest BCUT2D eigenvalue weighted by atomic mass is 15.2. The molecule has 1 saturated carbocycles. The first-order valence-electron chi connectivity index (χ1n) is 7.05. The molecule has 0 aromatic carbocycles. The fourth-order valence-corrected chi connectivity index (χ4v) is 2.61. The molecule has 1 N–H and O–H groups in total. The lowest BCUT2D eigenvalue weighted by Crippen LogP contribution is -2.34. The molecule has 3 rings (SSSR count). The van der Waals surface area contributed by atoms with Gasteiger partial charge in [0.2, 0.25) is 0 Å². The number of nitrogens with one attached hydrogen (secondary N) is 1. The number of rotatable bonds is 2. The van der Waals surface area contributed by atoms with Gasteiger partial charge in [-0.25, -0.2) is 9.50 Å². The minimum atomic E-state index is 0.0638. The molecule has 1 fully saturated rings. The van der Waals surface area contributed by atoms with E-state index in [1.807, 2.05) is 16.9 Å². The Kier molecular flexibility index (Phi) is 2.77. The summed E-state index contributed by atoms with van der Waals surface area (Å²) in [5.74, 6) is 1.80. The van der Waals surface area contributed by atoms with Gasteiger partial charge in [0.1, 0.15) is 5.52 Å². The van der Waals surface area contributed by atoms with Gasteiger partial charge < -0.3 is 5.32 Å². The Morgan fingerprint density at radius 1 is 1.32 bits per heavy atom. The normalized spacial score (nSPS) is 23.4. The zero-order chi connectivity index (χ0) is 13.6. The quantitative estimate of drug-likeness (QED) is 0.899. The van der Waals surface area contributed by atoms with Gasteiger partial charge >= 0.3 is 0 Å². The summed E-state index contributed by atoms with van der Waals surface area (Å²) in [6, 6.07) is 2.72. The van der Waals surface area contributed by atoms with E-state index >= 15 is 0 Å². The molecule has 0 radical (unpaired) electrons. The van der Waals surface area contributed by atoms with E-state index in [4.69, 9.17) is 0 Å². The molecule has 0 saturated heterocycles. The van der Waals surface area contributed by atoms with Gasteiger partial charge in [0.15, 0.2) is 5.82 Å². The summed E-state index contributed by atoms with van der Waals surface area (Å²) in [6.07, 6.45) is 6.21. The molecule has 102 valence electrons. The minimum Gasteiger partial charge on any atom is -0.366 e. The van der Waals surface area contributed by atoms with Crippen molar-refractivity contribution in [3.8, 4) is 0 Å². The van der Waals surface area contributed by atoms with E-state index in [0.29, 0.717) is 6.04 Å². The van der Waals surface area contributed by atoms with Crippen LogP contribution in [-0.4, -0.2) is 20.6 Å². The average Bonchev–Trinajstić information content (AvgIpc) is 2.71. The Bertz CT molecular complexity index is 588. The maximum absolute atomic E-state index is 4.65. The van der Waals surface area contributed by atoms with Crippen LogP contribution in [0.4, 0.5) is 5.82 Å². The van der Waals surface area contributed by atoms with Crippen molar-refractivity contribution in [3.05, 3.63) is 24.2 Å². The van der Waals surface area contributed by atoms with Gasteiger partial charge in [-0.05, 0) is 24.8 Å². The van der Waals surface area contributed by atoms with E-state index in [-0.39, 0.29) is 5.41 Å². The van der Waals surface area contributed by atoms with Crippen molar-refractivity contribution in [2.45, 2.75) is 52.0 Å². The highest BCUT2D eigenvalue weighted by Gasteiger charge is 2.26. The molecule has 0 atom stereocenters. The second-order valence-electron chi connectivity index (χ2n) is 6.80. The topological polar surface area (TPSA) is 42.2 Å². The molecule has 1 aliphatic carbocycles. The van der Waals surface area contributed by atoms with E-state index in [0.717, 1.165) is 22.9 Å². The zero-order valence-electron chi connectivity index (χ0n) is 12.1. The molecular formula is C15H22N4. The van der Waals surface area contributed by atoms with Crippen molar-refractivity contribution < 1.29 is 0 Å². The molecule has 2 aromatic rings. The molecule has 2 aromatic heterocycles. The van der Waals surface area contributed by atoms with Crippen molar-refractivity contribution in [3.63, 3.8) is 0 Å². The second-order valence-corrected chi connectivity index (χ2v) is 6.80. The summed E-state index contributed by atoms with van der Waals surface area (Å²) in [5.41, 5.74) is 2.24. The van der Waals surface area contributed by atoms with Gasteiger partial charge in [-0.15, -0.1) is 0 Å². The van der Waals surface area contributed by atoms with Gasteiger partial charge in [-0.2, -0.15) is 5.10 Å². The van der Waals surface area contributed by atoms with Gasteiger partial charge in [0, 0.05) is 23.9 Å². The molecule has 19 heavy (non-hydrogen) atoms. The lowest BCUT2D eigenvalue weighted by Gasteiger charge is -2.33. The van der Waals surface area contributed by atoms with Crippen molar-refractivity contribution in [2.24, 2.45) is 5.92 Å². The molecule has 0 bridgehead atoms. The number of anilines is 1. The van der Waals surface area contributed by atoms with Crippen LogP contribution in [0.3, 0.4) is 0 Å². The Labute approximate surface area is 114 Å². The number of aromatic nitrogens is 3. The smallest absolute Gasteiger partial charge is 0.152 e. The number of hydrogen-bond donors (Lipinski definition) is 1. The van der Waals surface area contributed by atoms with E-state index in [2.05, 4.69) is 49.2 Å². The molecule has 0 unspecified atom stereocenters. The number of nitrogens with zero attached hydrogens (tertiary/aromatic N) is 3.